The molecule has 150 valence electrons. The van der Waals surface area contributed by atoms with Crippen LogP contribution in [0, 0.1) is 12.8 Å². The van der Waals surface area contributed by atoms with E-state index < -0.39 is 0 Å². The second kappa shape index (κ2) is 10.5. The zero-order valence-electron chi connectivity index (χ0n) is 16.4. The van der Waals surface area contributed by atoms with Crippen molar-refractivity contribution in [1.82, 2.24) is 10.2 Å². The molecule has 1 aliphatic heterocycles. The second-order valence-electron chi connectivity index (χ2n) is 7.15. The number of nitrogens with one attached hydrogen (secondary N) is 2. The third kappa shape index (κ3) is 6.70. The molecule has 1 fully saturated rings. The van der Waals surface area contributed by atoms with Gasteiger partial charge in [-0.05, 0) is 50.3 Å². The molecule has 0 aliphatic carbocycles. The van der Waals surface area contributed by atoms with E-state index in [1.54, 1.807) is 13.2 Å². The molecule has 0 unspecified atom stereocenters. The van der Waals surface area contributed by atoms with Gasteiger partial charge in [0.15, 0.2) is 0 Å². The van der Waals surface area contributed by atoms with Crippen LogP contribution in [0.4, 0.5) is 5.69 Å². The third-order valence-electron chi connectivity index (χ3n) is 4.79. The molecule has 6 nitrogen and oxygen atoms in total. The number of carbonyl (C=O) groups excluding carboxylic acids is 2. The standard InChI is InChI=1S/C20H30ClN3O3/c1-4-6-19(25)22-11-15-7-5-8-24(12-15)13-20(26)23-17-9-14(2)16(21)10-18(17)27-3/h9-10,15H,4-8,11-13H2,1-3H3,(H,22,25)(H,23,26)/t15-/m1/s1. The highest BCUT2D eigenvalue weighted by Gasteiger charge is 2.22. The van der Waals surface area contributed by atoms with E-state index in [-0.39, 0.29) is 11.8 Å². The van der Waals surface area contributed by atoms with Crippen LogP contribution in [0.1, 0.15) is 38.2 Å². The molecule has 0 spiro atoms. The Morgan fingerprint density at radius 2 is 2.11 bits per heavy atom. The minimum atomic E-state index is -0.0781. The molecule has 7 heteroatoms. The van der Waals surface area contributed by atoms with Gasteiger partial charge >= 0.3 is 0 Å². The Bertz CT molecular complexity index is 666. The van der Waals surface area contributed by atoms with Gasteiger partial charge in [-0.2, -0.15) is 0 Å². The summed E-state index contributed by atoms with van der Waals surface area (Å²) >= 11 is 6.11. The fourth-order valence-electron chi connectivity index (χ4n) is 3.36. The predicted octanol–water partition coefficient (Wildman–Crippen LogP) is 3.22. The van der Waals surface area contributed by atoms with E-state index >= 15 is 0 Å². The maximum absolute atomic E-state index is 12.5. The van der Waals surface area contributed by atoms with Gasteiger partial charge in [0, 0.05) is 30.6 Å². The Morgan fingerprint density at radius 3 is 2.81 bits per heavy atom. The highest BCUT2D eigenvalue weighted by Crippen LogP contribution is 2.31. The number of rotatable bonds is 8. The van der Waals surface area contributed by atoms with Crippen molar-refractivity contribution in [1.29, 1.82) is 0 Å². The first kappa shape index (κ1) is 21.5. The van der Waals surface area contributed by atoms with Gasteiger partial charge < -0.3 is 15.4 Å². The Hall–Kier alpha value is -1.79. The number of amides is 2. The summed E-state index contributed by atoms with van der Waals surface area (Å²) < 4.78 is 5.31. The van der Waals surface area contributed by atoms with Crippen LogP contribution in [-0.2, 0) is 9.59 Å². The number of piperidine rings is 1. The smallest absolute Gasteiger partial charge is 0.238 e. The lowest BCUT2D eigenvalue weighted by atomic mass is 9.98. The topological polar surface area (TPSA) is 70.7 Å². The number of benzene rings is 1. The summed E-state index contributed by atoms with van der Waals surface area (Å²) in [5.74, 6) is 0.969. The van der Waals surface area contributed by atoms with Crippen molar-refractivity contribution in [2.24, 2.45) is 5.92 Å². The van der Waals surface area contributed by atoms with Crippen LogP contribution in [0.25, 0.3) is 0 Å². The Kier molecular flexibility index (Phi) is 8.38. The molecule has 2 N–H and O–H groups in total. The maximum Gasteiger partial charge on any atom is 0.238 e. The van der Waals surface area contributed by atoms with E-state index in [1.807, 2.05) is 19.9 Å². The summed E-state index contributed by atoms with van der Waals surface area (Å²) in [5, 5.41) is 6.53. The van der Waals surface area contributed by atoms with Gasteiger partial charge in [-0.3, -0.25) is 14.5 Å². The van der Waals surface area contributed by atoms with E-state index in [0.29, 0.717) is 41.9 Å². The first-order chi connectivity index (χ1) is 12.9. The fourth-order valence-corrected chi connectivity index (χ4v) is 3.51. The van der Waals surface area contributed by atoms with Crippen molar-refractivity contribution < 1.29 is 14.3 Å². The summed E-state index contributed by atoms with van der Waals surface area (Å²) in [6, 6.07) is 3.53. The highest BCUT2D eigenvalue weighted by molar-refractivity contribution is 6.31. The first-order valence-electron chi connectivity index (χ1n) is 9.56. The van der Waals surface area contributed by atoms with Crippen molar-refractivity contribution in [3.8, 4) is 5.75 Å². The summed E-state index contributed by atoms with van der Waals surface area (Å²) in [7, 11) is 1.55. The number of likely N-dealkylation sites (tertiary alicyclic amines) is 1. The molecule has 1 aromatic carbocycles. The summed E-state index contributed by atoms with van der Waals surface area (Å²) in [6.45, 7) is 6.60. The molecule has 0 bridgehead atoms. The molecule has 1 heterocycles. The van der Waals surface area contributed by atoms with Crippen molar-refractivity contribution >= 4 is 29.1 Å². The number of hydrogen-bond acceptors (Lipinski definition) is 4. The molecule has 27 heavy (non-hydrogen) atoms. The number of anilines is 1. The van der Waals surface area contributed by atoms with Crippen molar-refractivity contribution in [2.75, 3.05) is 38.6 Å². The number of methoxy groups -OCH3 is 1. The Morgan fingerprint density at radius 1 is 1.33 bits per heavy atom. The molecular weight excluding hydrogens is 366 g/mol. The molecule has 1 atom stereocenters. The van der Waals surface area contributed by atoms with E-state index in [1.165, 1.54) is 0 Å². The lowest BCUT2D eigenvalue weighted by molar-refractivity contribution is -0.121. The molecular formula is C20H30ClN3O3. The normalized spacial score (nSPS) is 17.4. The molecule has 1 aromatic rings. The van der Waals surface area contributed by atoms with Gasteiger partial charge in [-0.1, -0.05) is 18.5 Å². The SMILES string of the molecule is CCCC(=O)NC[C@H]1CCCN(CC(=O)Nc2cc(C)c(Cl)cc2OC)C1. The lowest BCUT2D eigenvalue weighted by Crippen LogP contribution is -2.43. The summed E-state index contributed by atoms with van der Waals surface area (Å²) in [5.41, 5.74) is 1.51. The minimum Gasteiger partial charge on any atom is -0.495 e. The van der Waals surface area contributed by atoms with Gasteiger partial charge in [0.25, 0.3) is 0 Å². The van der Waals surface area contributed by atoms with E-state index in [4.69, 9.17) is 16.3 Å². The fraction of sp³-hybridized carbons (Fsp3) is 0.600. The number of hydrogen-bond donors (Lipinski definition) is 2. The van der Waals surface area contributed by atoms with Gasteiger partial charge in [0.1, 0.15) is 5.75 Å². The first-order valence-corrected chi connectivity index (χ1v) is 9.93. The Balaban J connectivity index is 1.86. The molecule has 2 amide bonds. The second-order valence-corrected chi connectivity index (χ2v) is 7.55. The molecule has 0 aromatic heterocycles. The van der Waals surface area contributed by atoms with Crippen molar-refractivity contribution in [3.63, 3.8) is 0 Å². The number of halogens is 1. The number of aryl methyl sites for hydroxylation is 1. The quantitative estimate of drug-likeness (QED) is 0.709. The Labute approximate surface area is 166 Å². The van der Waals surface area contributed by atoms with Crippen LogP contribution in [0.2, 0.25) is 5.02 Å². The van der Waals surface area contributed by atoms with E-state index in [9.17, 15) is 9.59 Å². The van der Waals surface area contributed by atoms with Crippen LogP contribution in [0.15, 0.2) is 12.1 Å². The number of ether oxygens (including phenoxy) is 1. The monoisotopic (exact) mass is 395 g/mol. The number of nitrogens with zero attached hydrogens (tertiary/aromatic N) is 1. The predicted molar refractivity (Wildman–Crippen MR) is 108 cm³/mol. The summed E-state index contributed by atoms with van der Waals surface area (Å²) in [6.07, 6.45) is 3.54. The van der Waals surface area contributed by atoms with Crippen molar-refractivity contribution in [3.05, 3.63) is 22.7 Å². The van der Waals surface area contributed by atoms with Crippen LogP contribution in [0.3, 0.4) is 0 Å². The lowest BCUT2D eigenvalue weighted by Gasteiger charge is -2.32. The van der Waals surface area contributed by atoms with Gasteiger partial charge in [-0.25, -0.2) is 0 Å². The zero-order valence-corrected chi connectivity index (χ0v) is 17.2. The average molecular weight is 396 g/mol. The van der Waals surface area contributed by atoms with Crippen LogP contribution >= 0.6 is 11.6 Å². The minimum absolute atomic E-state index is 0.0781. The van der Waals surface area contributed by atoms with Gasteiger partial charge in [0.2, 0.25) is 11.8 Å². The maximum atomic E-state index is 12.5. The van der Waals surface area contributed by atoms with Crippen LogP contribution < -0.4 is 15.4 Å². The third-order valence-corrected chi connectivity index (χ3v) is 5.20. The van der Waals surface area contributed by atoms with Crippen LogP contribution in [0.5, 0.6) is 5.75 Å². The van der Waals surface area contributed by atoms with Gasteiger partial charge in [0.05, 0.1) is 19.3 Å². The van der Waals surface area contributed by atoms with Crippen LogP contribution in [-0.4, -0.2) is 50.0 Å². The molecule has 1 saturated heterocycles. The highest BCUT2D eigenvalue weighted by atomic mass is 35.5. The van der Waals surface area contributed by atoms with E-state index in [0.717, 1.165) is 37.9 Å². The molecule has 0 saturated carbocycles. The zero-order chi connectivity index (χ0) is 19.8. The largest absolute Gasteiger partial charge is 0.495 e. The summed E-state index contributed by atoms with van der Waals surface area (Å²) in [4.78, 5) is 26.3. The molecule has 0 radical (unpaired) electrons. The number of carbonyl (C=O) groups is 2. The molecule has 2 rings (SSSR count). The average Bonchev–Trinajstić information content (AvgIpc) is 2.63. The van der Waals surface area contributed by atoms with Crippen molar-refractivity contribution in [2.45, 2.75) is 39.5 Å². The van der Waals surface area contributed by atoms with Gasteiger partial charge in [-0.15, -0.1) is 0 Å². The molecule has 1 aliphatic rings. The van der Waals surface area contributed by atoms with E-state index in [2.05, 4.69) is 15.5 Å².